The number of carbonyl (C=O) groups is 2. The van der Waals surface area contributed by atoms with Crippen LogP contribution in [0.15, 0.2) is 33.8 Å². The number of nitrogens with zero attached hydrogens (tertiary/aromatic N) is 2. The number of rotatable bonds is 8. The molecule has 0 saturated heterocycles. The van der Waals surface area contributed by atoms with Gasteiger partial charge in [-0.3, -0.25) is 10.2 Å². The fourth-order valence-corrected chi connectivity index (χ4v) is 2.15. The van der Waals surface area contributed by atoms with Crippen LogP contribution in [0.1, 0.15) is 39.9 Å². The zero-order chi connectivity index (χ0) is 18.9. The number of carbonyl (C=O) groups excluding carboxylic acids is 2. The second kappa shape index (κ2) is 10.5. The van der Waals surface area contributed by atoms with Gasteiger partial charge in [0.25, 0.3) is 5.91 Å². The Bertz CT molecular complexity index is 829. The molecule has 0 fully saturated rings. The lowest BCUT2D eigenvalue weighted by Crippen LogP contribution is -2.26. The number of para-hydroxylation sites is 1. The van der Waals surface area contributed by atoms with E-state index in [0.29, 0.717) is 29.3 Å². The standard InChI is InChI=1S/C17H19N5O4.CH4/c1-11-15(17(24)25-2)21-14(26-11)7-9-19-16(23)12-5-3-4-6-13(12)22-20-10-8-18;/h3-6,8,10,18,22H,7,9H2,1-2H3,(H,19,23);1H4/b18-8?,20-10-;. The third-order valence-electron chi connectivity index (χ3n) is 3.35. The van der Waals surface area contributed by atoms with Crippen molar-refractivity contribution in [2.75, 3.05) is 19.1 Å². The van der Waals surface area contributed by atoms with Crippen LogP contribution in [0, 0.1) is 12.3 Å². The maximum absolute atomic E-state index is 12.3. The molecule has 3 N–H and O–H groups in total. The van der Waals surface area contributed by atoms with E-state index < -0.39 is 5.97 Å². The molecule has 0 aliphatic heterocycles. The van der Waals surface area contributed by atoms with Gasteiger partial charge in [-0.2, -0.15) is 5.10 Å². The zero-order valence-corrected chi connectivity index (χ0v) is 14.4. The average Bonchev–Trinajstić information content (AvgIpc) is 3.02. The van der Waals surface area contributed by atoms with Gasteiger partial charge in [-0.05, 0) is 19.1 Å². The molecule has 1 aromatic carbocycles. The number of amides is 1. The molecule has 0 atom stereocenters. The van der Waals surface area contributed by atoms with Gasteiger partial charge in [-0.1, -0.05) is 19.6 Å². The normalized spacial score (nSPS) is 10.1. The summed E-state index contributed by atoms with van der Waals surface area (Å²) in [5, 5.41) is 13.5. The Morgan fingerprint density at radius 2 is 2.11 bits per heavy atom. The summed E-state index contributed by atoms with van der Waals surface area (Å²) in [4.78, 5) is 27.9. The zero-order valence-electron chi connectivity index (χ0n) is 14.4. The Balaban J connectivity index is 0.00000364. The summed E-state index contributed by atoms with van der Waals surface area (Å²) in [5.74, 6) is -0.149. The topological polar surface area (TPSA) is 130 Å². The van der Waals surface area contributed by atoms with Crippen LogP contribution >= 0.6 is 0 Å². The first-order valence-corrected chi connectivity index (χ1v) is 7.76. The summed E-state index contributed by atoms with van der Waals surface area (Å²) in [7, 11) is 1.27. The van der Waals surface area contributed by atoms with Crippen molar-refractivity contribution >= 4 is 30.0 Å². The highest BCUT2D eigenvalue weighted by atomic mass is 16.5. The molecule has 144 valence electrons. The number of hydrogen-bond acceptors (Lipinski definition) is 8. The number of oxazole rings is 1. The highest BCUT2D eigenvalue weighted by Gasteiger charge is 2.17. The molecule has 0 bridgehead atoms. The number of nitrogens with one attached hydrogen (secondary N) is 3. The Labute approximate surface area is 157 Å². The summed E-state index contributed by atoms with van der Waals surface area (Å²) in [6, 6.07) is 6.86. The molecular formula is C18H23N5O4. The van der Waals surface area contributed by atoms with Crippen molar-refractivity contribution in [1.82, 2.24) is 10.3 Å². The van der Waals surface area contributed by atoms with E-state index in [9.17, 15) is 9.59 Å². The Morgan fingerprint density at radius 3 is 2.81 bits per heavy atom. The van der Waals surface area contributed by atoms with Crippen molar-refractivity contribution in [3.05, 3.63) is 47.2 Å². The van der Waals surface area contributed by atoms with Gasteiger partial charge in [-0.25, -0.2) is 9.78 Å². The number of anilines is 1. The fraction of sp³-hybridized carbons (Fsp3) is 0.278. The molecule has 0 unspecified atom stereocenters. The Kier molecular flexibility index (Phi) is 8.37. The van der Waals surface area contributed by atoms with Gasteiger partial charge < -0.3 is 19.9 Å². The molecule has 9 nitrogen and oxygen atoms in total. The lowest BCUT2D eigenvalue weighted by atomic mass is 10.1. The minimum absolute atomic E-state index is 0. The first-order valence-electron chi connectivity index (χ1n) is 7.76. The number of esters is 1. The van der Waals surface area contributed by atoms with E-state index in [-0.39, 0.29) is 25.6 Å². The minimum Gasteiger partial charge on any atom is -0.464 e. The second-order valence-corrected chi connectivity index (χ2v) is 5.11. The molecule has 2 aromatic rings. The highest BCUT2D eigenvalue weighted by molar-refractivity contribution is 6.14. The van der Waals surface area contributed by atoms with Crippen LogP contribution in [0.2, 0.25) is 0 Å². The molecule has 0 aliphatic rings. The maximum Gasteiger partial charge on any atom is 0.360 e. The molecule has 1 amide bonds. The van der Waals surface area contributed by atoms with Crippen LogP contribution in [0.3, 0.4) is 0 Å². The van der Waals surface area contributed by atoms with E-state index in [4.69, 9.17) is 9.83 Å². The molecule has 0 radical (unpaired) electrons. The number of ether oxygens (including phenoxy) is 1. The van der Waals surface area contributed by atoms with E-state index in [0.717, 1.165) is 6.21 Å². The van der Waals surface area contributed by atoms with Crippen LogP contribution in [0.4, 0.5) is 5.69 Å². The van der Waals surface area contributed by atoms with E-state index in [1.165, 1.54) is 13.3 Å². The van der Waals surface area contributed by atoms with Crippen molar-refractivity contribution in [3.63, 3.8) is 0 Å². The summed E-state index contributed by atoms with van der Waals surface area (Å²) in [6.45, 7) is 1.90. The van der Waals surface area contributed by atoms with Crippen molar-refractivity contribution in [1.29, 1.82) is 5.41 Å². The van der Waals surface area contributed by atoms with Crippen LogP contribution in [0.5, 0.6) is 0 Å². The number of methoxy groups -OCH3 is 1. The van der Waals surface area contributed by atoms with Gasteiger partial charge in [0, 0.05) is 19.2 Å². The van der Waals surface area contributed by atoms with Crippen molar-refractivity contribution in [2.45, 2.75) is 20.8 Å². The van der Waals surface area contributed by atoms with Gasteiger partial charge >= 0.3 is 5.97 Å². The predicted octanol–water partition coefficient (Wildman–Crippen LogP) is 2.43. The molecule has 0 spiro atoms. The first-order chi connectivity index (χ1) is 12.6. The van der Waals surface area contributed by atoms with E-state index in [1.54, 1.807) is 31.2 Å². The number of hydrazone groups is 1. The number of aromatic nitrogens is 1. The molecule has 1 aromatic heterocycles. The number of hydrogen-bond donors (Lipinski definition) is 3. The molecule has 0 aliphatic carbocycles. The lowest BCUT2D eigenvalue weighted by Gasteiger charge is -2.08. The van der Waals surface area contributed by atoms with Crippen LogP contribution in [-0.4, -0.2) is 42.9 Å². The smallest absolute Gasteiger partial charge is 0.360 e. The van der Waals surface area contributed by atoms with E-state index in [1.807, 2.05) is 0 Å². The molecule has 0 saturated carbocycles. The third kappa shape index (κ3) is 5.77. The minimum atomic E-state index is -0.563. The second-order valence-electron chi connectivity index (χ2n) is 5.11. The SMILES string of the molecule is C.COC(=O)c1nc(CCNC(=O)c2ccccc2N/N=C\C=N)oc1C. The first kappa shape index (κ1) is 21.6. The summed E-state index contributed by atoms with van der Waals surface area (Å²) < 4.78 is 10.0. The monoisotopic (exact) mass is 373 g/mol. The van der Waals surface area contributed by atoms with Gasteiger partial charge in [0.1, 0.15) is 5.76 Å². The molecular weight excluding hydrogens is 350 g/mol. The third-order valence-corrected chi connectivity index (χ3v) is 3.35. The fourth-order valence-electron chi connectivity index (χ4n) is 2.15. The quantitative estimate of drug-likeness (QED) is 0.370. The molecule has 9 heteroatoms. The van der Waals surface area contributed by atoms with Crippen molar-refractivity contribution in [2.24, 2.45) is 5.10 Å². The largest absolute Gasteiger partial charge is 0.464 e. The highest BCUT2D eigenvalue weighted by Crippen LogP contribution is 2.15. The van der Waals surface area contributed by atoms with Crippen LogP contribution in [0.25, 0.3) is 0 Å². The van der Waals surface area contributed by atoms with Gasteiger partial charge in [0.05, 0.1) is 24.6 Å². The summed E-state index contributed by atoms with van der Waals surface area (Å²) in [6.07, 6.45) is 2.61. The van der Waals surface area contributed by atoms with Crippen molar-refractivity contribution < 1.29 is 18.7 Å². The van der Waals surface area contributed by atoms with E-state index >= 15 is 0 Å². The molecule has 27 heavy (non-hydrogen) atoms. The van der Waals surface area contributed by atoms with Crippen LogP contribution in [-0.2, 0) is 11.2 Å². The lowest BCUT2D eigenvalue weighted by molar-refractivity contribution is 0.0592. The van der Waals surface area contributed by atoms with E-state index in [2.05, 4.69) is 25.6 Å². The number of benzene rings is 1. The van der Waals surface area contributed by atoms with Gasteiger partial charge in [0.15, 0.2) is 11.6 Å². The van der Waals surface area contributed by atoms with Gasteiger partial charge in [0.2, 0.25) is 0 Å². The summed E-state index contributed by atoms with van der Waals surface area (Å²) >= 11 is 0. The Hall–Kier alpha value is -3.49. The molecule has 1 heterocycles. The summed E-state index contributed by atoms with van der Waals surface area (Å²) in [5.41, 5.74) is 3.77. The molecule has 2 rings (SSSR count). The number of aryl methyl sites for hydroxylation is 1. The predicted molar refractivity (Wildman–Crippen MR) is 103 cm³/mol. The van der Waals surface area contributed by atoms with Crippen molar-refractivity contribution in [3.8, 4) is 0 Å². The maximum atomic E-state index is 12.3. The Morgan fingerprint density at radius 1 is 1.37 bits per heavy atom. The average molecular weight is 373 g/mol. The van der Waals surface area contributed by atoms with Crippen LogP contribution < -0.4 is 10.7 Å². The van der Waals surface area contributed by atoms with Gasteiger partial charge in [-0.15, -0.1) is 0 Å².